The molecule has 4 rings (SSSR count). The number of rotatable bonds is 6. The van der Waals surface area contributed by atoms with Gasteiger partial charge < -0.3 is 5.32 Å². The average molecular weight is 425 g/mol. The molecular weight excluding hydrogens is 396 g/mol. The fourth-order valence-electron chi connectivity index (χ4n) is 4.23. The molecule has 0 unspecified atom stereocenters. The summed E-state index contributed by atoms with van der Waals surface area (Å²) in [6.07, 6.45) is 4.25. The molecule has 0 saturated heterocycles. The van der Waals surface area contributed by atoms with Crippen LogP contribution in [0.3, 0.4) is 0 Å². The third kappa shape index (κ3) is 3.88. The number of para-hydroxylation sites is 1. The predicted molar refractivity (Wildman–Crippen MR) is 119 cm³/mol. The predicted octanol–water partition coefficient (Wildman–Crippen LogP) is 4.92. The van der Waals surface area contributed by atoms with Crippen molar-refractivity contribution in [1.82, 2.24) is 9.29 Å². The van der Waals surface area contributed by atoms with E-state index in [0.29, 0.717) is 23.5 Å². The van der Waals surface area contributed by atoms with Crippen LogP contribution in [0.2, 0.25) is 0 Å². The summed E-state index contributed by atoms with van der Waals surface area (Å²) in [4.78, 5) is 12.6. The van der Waals surface area contributed by atoms with E-state index in [0.717, 1.165) is 36.8 Å². The topological polar surface area (TPSA) is 68.2 Å². The van der Waals surface area contributed by atoms with Crippen molar-refractivity contribution < 1.29 is 13.2 Å². The van der Waals surface area contributed by atoms with Gasteiger partial charge in [-0.1, -0.05) is 51.0 Å². The van der Waals surface area contributed by atoms with Crippen molar-refractivity contribution in [2.24, 2.45) is 5.92 Å². The number of amides is 1. The van der Waals surface area contributed by atoms with Gasteiger partial charge in [0.2, 0.25) is 0 Å². The van der Waals surface area contributed by atoms with Gasteiger partial charge in [0, 0.05) is 29.1 Å². The zero-order valence-corrected chi connectivity index (χ0v) is 18.3. The summed E-state index contributed by atoms with van der Waals surface area (Å²) in [6, 6.07) is 16.0. The smallest absolute Gasteiger partial charge is 0.268 e. The standard InChI is InChI=1S/C24H28N2O3S/c1-17(2)16-25-24(27)20-11-7-12-21(14-20)30(28,29)26-22-13-6-5-10-19(22)15-23(26)18-8-3-4-9-18/h5-7,10-15,17-18H,3-4,8-9,16H2,1-2H3,(H,25,27). The number of hydrogen-bond donors (Lipinski definition) is 1. The molecule has 1 saturated carbocycles. The number of aromatic nitrogens is 1. The minimum atomic E-state index is -3.84. The normalized spacial score (nSPS) is 15.2. The van der Waals surface area contributed by atoms with Crippen molar-refractivity contribution in [3.8, 4) is 0 Å². The molecule has 158 valence electrons. The average Bonchev–Trinajstić information content (AvgIpc) is 3.39. The zero-order valence-electron chi connectivity index (χ0n) is 17.5. The summed E-state index contributed by atoms with van der Waals surface area (Å²) >= 11 is 0. The second kappa shape index (κ2) is 8.26. The first kappa shape index (κ1) is 20.7. The van der Waals surface area contributed by atoms with Crippen molar-refractivity contribution in [1.29, 1.82) is 0 Å². The highest BCUT2D eigenvalue weighted by Crippen LogP contribution is 2.38. The Bertz CT molecular complexity index is 1170. The van der Waals surface area contributed by atoms with Gasteiger partial charge in [0.1, 0.15) is 0 Å². The molecule has 3 aromatic rings. The highest BCUT2D eigenvalue weighted by Gasteiger charge is 2.29. The van der Waals surface area contributed by atoms with Gasteiger partial charge in [0.25, 0.3) is 15.9 Å². The summed E-state index contributed by atoms with van der Waals surface area (Å²) in [5, 5.41) is 3.78. The number of fused-ring (bicyclic) bond motifs is 1. The molecule has 30 heavy (non-hydrogen) atoms. The molecule has 0 bridgehead atoms. The first-order chi connectivity index (χ1) is 14.4. The lowest BCUT2D eigenvalue weighted by molar-refractivity contribution is 0.0949. The van der Waals surface area contributed by atoms with Crippen LogP contribution in [0.5, 0.6) is 0 Å². The van der Waals surface area contributed by atoms with Gasteiger partial charge in [-0.3, -0.25) is 4.79 Å². The molecule has 1 N–H and O–H groups in total. The Morgan fingerprint density at radius 1 is 1.07 bits per heavy atom. The van der Waals surface area contributed by atoms with Crippen molar-refractivity contribution in [3.05, 3.63) is 65.9 Å². The van der Waals surface area contributed by atoms with Crippen LogP contribution in [0.15, 0.2) is 59.5 Å². The fourth-order valence-corrected chi connectivity index (χ4v) is 5.87. The van der Waals surface area contributed by atoms with Gasteiger partial charge in [-0.05, 0) is 49.1 Å². The van der Waals surface area contributed by atoms with Crippen LogP contribution in [0.1, 0.15) is 61.5 Å². The first-order valence-electron chi connectivity index (χ1n) is 10.6. The Kier molecular flexibility index (Phi) is 5.69. The highest BCUT2D eigenvalue weighted by atomic mass is 32.2. The lowest BCUT2D eigenvalue weighted by atomic mass is 10.0. The van der Waals surface area contributed by atoms with E-state index in [1.165, 1.54) is 10.0 Å². The van der Waals surface area contributed by atoms with Crippen LogP contribution in [0.4, 0.5) is 0 Å². The molecule has 6 heteroatoms. The molecule has 5 nitrogen and oxygen atoms in total. The van der Waals surface area contributed by atoms with Crippen LogP contribution in [0, 0.1) is 5.92 Å². The number of hydrogen-bond acceptors (Lipinski definition) is 3. The number of carbonyl (C=O) groups excluding carboxylic acids is 1. The van der Waals surface area contributed by atoms with E-state index < -0.39 is 10.0 Å². The molecular formula is C24H28N2O3S. The maximum atomic E-state index is 13.8. The molecule has 2 aromatic carbocycles. The number of carbonyl (C=O) groups is 1. The van der Waals surface area contributed by atoms with Gasteiger partial charge in [0.15, 0.2) is 0 Å². The third-order valence-electron chi connectivity index (χ3n) is 5.77. The van der Waals surface area contributed by atoms with Gasteiger partial charge in [0.05, 0.1) is 10.4 Å². The van der Waals surface area contributed by atoms with E-state index in [9.17, 15) is 13.2 Å². The molecule has 1 amide bonds. The summed E-state index contributed by atoms with van der Waals surface area (Å²) in [7, 11) is -3.84. The number of nitrogens with zero attached hydrogens (tertiary/aromatic N) is 1. The van der Waals surface area contributed by atoms with Crippen molar-refractivity contribution >= 4 is 26.8 Å². The minimum absolute atomic E-state index is 0.139. The molecule has 1 heterocycles. The Labute approximate surface area is 178 Å². The van der Waals surface area contributed by atoms with Crippen molar-refractivity contribution in [3.63, 3.8) is 0 Å². The molecule has 1 aliphatic rings. The van der Waals surface area contributed by atoms with Crippen molar-refractivity contribution in [2.75, 3.05) is 6.54 Å². The van der Waals surface area contributed by atoms with Gasteiger partial charge in [-0.15, -0.1) is 0 Å². The highest BCUT2D eigenvalue weighted by molar-refractivity contribution is 7.90. The third-order valence-corrected chi connectivity index (χ3v) is 7.51. The van der Waals surface area contributed by atoms with Crippen LogP contribution in [-0.4, -0.2) is 24.8 Å². The summed E-state index contributed by atoms with van der Waals surface area (Å²) < 4.78 is 29.0. The largest absolute Gasteiger partial charge is 0.352 e. The first-order valence-corrected chi connectivity index (χ1v) is 12.1. The molecule has 0 aliphatic heterocycles. The minimum Gasteiger partial charge on any atom is -0.352 e. The summed E-state index contributed by atoms with van der Waals surface area (Å²) in [5.74, 6) is 0.305. The SMILES string of the molecule is CC(C)CNC(=O)c1cccc(S(=O)(=O)n2c(C3CCCC3)cc3ccccc32)c1. The second-order valence-corrected chi connectivity index (χ2v) is 10.3. The van der Waals surface area contributed by atoms with Crippen LogP contribution in [-0.2, 0) is 10.0 Å². The maximum absolute atomic E-state index is 13.8. The van der Waals surface area contributed by atoms with Crippen LogP contribution in [0.25, 0.3) is 10.9 Å². The fraction of sp³-hybridized carbons (Fsp3) is 0.375. The van der Waals surface area contributed by atoms with Gasteiger partial charge in [-0.25, -0.2) is 12.4 Å². The summed E-state index contributed by atoms with van der Waals surface area (Å²) in [6.45, 7) is 4.58. The number of benzene rings is 2. The van der Waals surface area contributed by atoms with E-state index in [4.69, 9.17) is 0 Å². The van der Waals surface area contributed by atoms with E-state index in [1.54, 1.807) is 18.2 Å². The Hall–Kier alpha value is -2.60. The second-order valence-electron chi connectivity index (χ2n) is 8.51. The molecule has 0 spiro atoms. The van der Waals surface area contributed by atoms with Crippen LogP contribution < -0.4 is 5.32 Å². The molecule has 1 fully saturated rings. The Balaban J connectivity index is 1.79. The maximum Gasteiger partial charge on any atom is 0.268 e. The van der Waals surface area contributed by atoms with E-state index in [1.807, 2.05) is 44.2 Å². The monoisotopic (exact) mass is 424 g/mol. The molecule has 0 radical (unpaired) electrons. The van der Waals surface area contributed by atoms with E-state index in [-0.39, 0.29) is 16.7 Å². The Morgan fingerprint density at radius 2 is 1.80 bits per heavy atom. The zero-order chi connectivity index (χ0) is 21.3. The van der Waals surface area contributed by atoms with E-state index in [2.05, 4.69) is 5.32 Å². The quantitative estimate of drug-likeness (QED) is 0.611. The Morgan fingerprint density at radius 3 is 2.53 bits per heavy atom. The lowest BCUT2D eigenvalue weighted by Crippen LogP contribution is -2.27. The number of nitrogens with one attached hydrogen (secondary N) is 1. The van der Waals surface area contributed by atoms with Gasteiger partial charge in [-0.2, -0.15) is 0 Å². The van der Waals surface area contributed by atoms with Gasteiger partial charge >= 0.3 is 0 Å². The molecule has 1 aromatic heterocycles. The van der Waals surface area contributed by atoms with E-state index >= 15 is 0 Å². The summed E-state index contributed by atoms with van der Waals surface area (Å²) in [5.41, 5.74) is 1.90. The van der Waals surface area contributed by atoms with Crippen molar-refractivity contribution in [2.45, 2.75) is 50.3 Å². The lowest BCUT2D eigenvalue weighted by Gasteiger charge is -2.16. The molecule has 1 aliphatic carbocycles. The van der Waals surface area contributed by atoms with Crippen LogP contribution >= 0.6 is 0 Å². The molecule has 0 atom stereocenters.